The average Bonchev–Trinajstić information content (AvgIpc) is 4.03. The molecular weight excluding hydrogens is 777 g/mol. The van der Waals surface area contributed by atoms with Crippen LogP contribution in [0.15, 0.2) is 120 Å². The molecule has 2 unspecified atom stereocenters. The van der Waals surface area contributed by atoms with Crippen LogP contribution in [0.1, 0.15) is 140 Å². The SMILES string of the molecule is CO[C@H]1CCC2=CC3=CC[C@]4(C)[C@@H](c5ccc6ccncc6c5)CC[C@H]4C34CC[C@]2(C1)O4.C[C@]12CC=C3C=C4CC[C@H](O)C[C@]45CCC3(O5)[C@@H]1CC[C@@H]2c1ccc2ccncc2c1. The fraction of sp³-hybridized carbons (Fsp3) is 0.544. The first-order valence-electron chi connectivity index (χ1n) is 24.7. The van der Waals surface area contributed by atoms with Gasteiger partial charge in [-0.1, -0.05) is 62.4 Å². The average molecular weight is 841 g/mol. The lowest BCUT2D eigenvalue weighted by Gasteiger charge is -2.54. The number of ether oxygens (including phenoxy) is 3. The zero-order valence-corrected chi connectivity index (χ0v) is 37.6. The van der Waals surface area contributed by atoms with Gasteiger partial charge in [0.2, 0.25) is 0 Å². The summed E-state index contributed by atoms with van der Waals surface area (Å²) in [6, 6.07) is 18.3. The molecule has 4 saturated carbocycles. The first kappa shape index (κ1) is 39.4. The van der Waals surface area contributed by atoms with Crippen LogP contribution in [0.3, 0.4) is 0 Å². The van der Waals surface area contributed by atoms with Gasteiger partial charge >= 0.3 is 0 Å². The summed E-state index contributed by atoms with van der Waals surface area (Å²) in [6.07, 6.45) is 35.8. The van der Waals surface area contributed by atoms with Crippen molar-refractivity contribution >= 4 is 21.5 Å². The third-order valence-corrected chi connectivity index (χ3v) is 19.8. The molecule has 2 aromatic carbocycles. The van der Waals surface area contributed by atoms with E-state index in [9.17, 15) is 5.11 Å². The fourth-order valence-electron chi connectivity index (χ4n) is 16.7. The minimum Gasteiger partial charge on any atom is -0.393 e. The van der Waals surface area contributed by atoms with Crippen LogP contribution in [0.2, 0.25) is 0 Å². The summed E-state index contributed by atoms with van der Waals surface area (Å²) in [5, 5.41) is 15.5. The largest absolute Gasteiger partial charge is 0.393 e. The van der Waals surface area contributed by atoms with E-state index in [1.807, 2.05) is 31.9 Å². The predicted molar refractivity (Wildman–Crippen MR) is 248 cm³/mol. The molecule has 4 aromatic rings. The molecule has 1 N–H and O–H groups in total. The molecule has 63 heavy (non-hydrogen) atoms. The minimum absolute atomic E-state index is 0.0682. The first-order valence-corrected chi connectivity index (χ1v) is 24.7. The second kappa shape index (κ2) is 13.8. The molecule has 6 fully saturated rings. The van der Waals surface area contributed by atoms with Crippen molar-refractivity contribution < 1.29 is 19.3 Å². The van der Waals surface area contributed by atoms with E-state index in [1.165, 1.54) is 81.5 Å². The lowest BCUT2D eigenvalue weighted by Crippen LogP contribution is -2.54. The molecule has 14 rings (SSSR count). The first-order chi connectivity index (χ1) is 30.6. The molecular formula is C57H64N2O4. The smallest absolute Gasteiger partial charge is 0.0974 e. The molecule has 12 atom stereocenters. The van der Waals surface area contributed by atoms with Gasteiger partial charge in [0.1, 0.15) is 0 Å². The standard InChI is InChI=1S/C29H33NO2.C28H31NO2/c1-27-11-9-23-16-22-5-6-24(31-2)17-28(22)12-13-29(23,32-28)26(27)8-7-25(27)20-4-3-19-10-14-30-18-21(19)15-20;1-26-10-8-22-15-21-4-5-23(30)16-27(21)11-12-28(22,31-27)25(26)7-6-24(26)19-3-2-18-9-13-29-17-20(18)14-19/h3-4,9-10,14-16,18,24-26H,5-8,11-13,17H2,1-2H3;2-3,8-9,13-15,17,23-25,30H,4-7,10-12,16H2,1H3/t24-,25+,26+,27+,28+,29?;23-,24+,25+,26+,27+,28?/m00/s1. The number of rotatable bonds is 3. The summed E-state index contributed by atoms with van der Waals surface area (Å²) in [7, 11) is 1.87. The molecule has 6 heterocycles. The van der Waals surface area contributed by atoms with E-state index in [0.717, 1.165) is 70.6 Å². The number of methoxy groups -OCH3 is 1. The fourth-order valence-corrected chi connectivity index (χ4v) is 16.7. The van der Waals surface area contributed by atoms with E-state index >= 15 is 0 Å². The van der Waals surface area contributed by atoms with Gasteiger partial charge in [-0.3, -0.25) is 9.97 Å². The Balaban J connectivity index is 0.000000128. The third-order valence-electron chi connectivity index (χ3n) is 19.8. The van der Waals surface area contributed by atoms with E-state index < -0.39 is 0 Å². The number of benzene rings is 2. The quantitative estimate of drug-likeness (QED) is 0.221. The van der Waals surface area contributed by atoms with Crippen molar-refractivity contribution in [2.45, 2.75) is 163 Å². The van der Waals surface area contributed by atoms with Gasteiger partial charge in [-0.15, -0.1) is 0 Å². The second-order valence-electron chi connectivity index (χ2n) is 22.4. The highest BCUT2D eigenvalue weighted by Gasteiger charge is 2.68. The molecule has 2 aromatic heterocycles. The molecule has 326 valence electrons. The van der Waals surface area contributed by atoms with Gasteiger partial charge in [0.25, 0.3) is 0 Å². The van der Waals surface area contributed by atoms with Crippen LogP contribution in [-0.4, -0.2) is 56.8 Å². The van der Waals surface area contributed by atoms with E-state index in [2.05, 4.69) is 96.7 Å². The molecule has 0 radical (unpaired) electrons. The van der Waals surface area contributed by atoms with Crippen LogP contribution in [-0.2, 0) is 14.2 Å². The highest BCUT2D eigenvalue weighted by molar-refractivity contribution is 5.83. The zero-order valence-electron chi connectivity index (χ0n) is 37.6. The second-order valence-corrected chi connectivity index (χ2v) is 22.4. The molecule has 6 nitrogen and oxygen atoms in total. The van der Waals surface area contributed by atoms with Crippen LogP contribution < -0.4 is 0 Å². The summed E-state index contributed by atoms with van der Waals surface area (Å²) in [6.45, 7) is 5.07. The molecule has 10 aliphatic rings. The summed E-state index contributed by atoms with van der Waals surface area (Å²) in [4.78, 5) is 8.72. The van der Waals surface area contributed by atoms with E-state index in [4.69, 9.17) is 14.2 Å². The summed E-state index contributed by atoms with van der Waals surface area (Å²) in [5.41, 5.74) is 8.88. The van der Waals surface area contributed by atoms with Crippen molar-refractivity contribution in [2.24, 2.45) is 22.7 Å². The number of nitrogens with zero attached hydrogens (tertiary/aromatic N) is 2. The maximum absolute atomic E-state index is 10.4. The third kappa shape index (κ3) is 5.50. The Morgan fingerprint density at radius 1 is 0.603 bits per heavy atom. The Kier molecular flexibility index (Phi) is 8.63. The molecule has 4 spiro atoms. The molecule has 6 heteroatoms. The topological polar surface area (TPSA) is 73.7 Å². The Hall–Kier alpha value is -3.94. The van der Waals surface area contributed by atoms with E-state index in [-0.39, 0.29) is 39.3 Å². The molecule has 2 saturated heterocycles. The van der Waals surface area contributed by atoms with Crippen molar-refractivity contribution in [1.82, 2.24) is 9.97 Å². The number of aliphatic hydroxyl groups is 1. The highest BCUT2D eigenvalue weighted by Crippen LogP contribution is 2.71. The van der Waals surface area contributed by atoms with Crippen molar-refractivity contribution in [3.63, 3.8) is 0 Å². The summed E-state index contributed by atoms with van der Waals surface area (Å²) >= 11 is 0. The molecule has 4 bridgehead atoms. The predicted octanol–water partition coefficient (Wildman–Crippen LogP) is 12.3. The maximum Gasteiger partial charge on any atom is 0.0974 e. The van der Waals surface area contributed by atoms with Gasteiger partial charge in [-0.25, -0.2) is 0 Å². The van der Waals surface area contributed by atoms with Gasteiger partial charge < -0.3 is 19.3 Å². The maximum atomic E-state index is 10.4. The Morgan fingerprint density at radius 3 is 1.67 bits per heavy atom. The van der Waals surface area contributed by atoms with Crippen LogP contribution in [0.4, 0.5) is 0 Å². The Bertz CT molecular complexity index is 2680. The van der Waals surface area contributed by atoms with Crippen molar-refractivity contribution in [1.29, 1.82) is 0 Å². The van der Waals surface area contributed by atoms with Crippen molar-refractivity contribution in [3.8, 4) is 0 Å². The number of hydrogen-bond donors (Lipinski definition) is 1. The number of aliphatic hydroxyl groups excluding tert-OH is 1. The minimum atomic E-state index is -0.213. The normalized spacial score (nSPS) is 42.6. The summed E-state index contributed by atoms with van der Waals surface area (Å²) in [5.74, 6) is 2.26. The van der Waals surface area contributed by atoms with Gasteiger partial charge in [0.05, 0.1) is 34.6 Å². The van der Waals surface area contributed by atoms with Gasteiger partial charge in [0.15, 0.2) is 0 Å². The Labute approximate surface area is 373 Å². The summed E-state index contributed by atoms with van der Waals surface area (Å²) < 4.78 is 20.3. The van der Waals surface area contributed by atoms with Gasteiger partial charge in [0, 0.05) is 55.5 Å². The lowest BCUT2D eigenvalue weighted by molar-refractivity contribution is -0.147. The Morgan fingerprint density at radius 2 is 1.13 bits per heavy atom. The van der Waals surface area contributed by atoms with Gasteiger partial charge in [-0.05, 0) is 193 Å². The monoisotopic (exact) mass is 840 g/mol. The van der Waals surface area contributed by atoms with Crippen LogP contribution in [0, 0.1) is 22.7 Å². The van der Waals surface area contributed by atoms with Crippen molar-refractivity contribution in [2.75, 3.05) is 7.11 Å². The van der Waals surface area contributed by atoms with Crippen LogP contribution in [0.5, 0.6) is 0 Å². The van der Waals surface area contributed by atoms with Gasteiger partial charge in [-0.2, -0.15) is 0 Å². The number of allylic oxidation sites excluding steroid dienone is 2. The number of aromatic nitrogens is 2. The molecule has 4 aliphatic heterocycles. The van der Waals surface area contributed by atoms with E-state index in [0.29, 0.717) is 29.8 Å². The van der Waals surface area contributed by atoms with Crippen molar-refractivity contribution in [3.05, 3.63) is 131 Å². The number of fused-ring (bicyclic) bond motifs is 4. The highest BCUT2D eigenvalue weighted by atomic mass is 16.5. The number of pyridine rings is 2. The molecule has 6 aliphatic carbocycles. The zero-order chi connectivity index (χ0) is 42.4. The number of hydrogen-bond acceptors (Lipinski definition) is 6. The van der Waals surface area contributed by atoms with E-state index in [1.54, 1.807) is 5.57 Å². The van der Waals surface area contributed by atoms with Crippen LogP contribution in [0.25, 0.3) is 21.5 Å². The van der Waals surface area contributed by atoms with Crippen LogP contribution >= 0.6 is 0 Å². The lowest BCUT2D eigenvalue weighted by atomic mass is 9.58. The molecule has 0 amide bonds.